The molecule has 7 heteroatoms. The van der Waals surface area contributed by atoms with Gasteiger partial charge < -0.3 is 10.1 Å². The highest BCUT2D eigenvalue weighted by atomic mass is 35.5. The second-order valence-electron chi connectivity index (χ2n) is 5.48. The van der Waals surface area contributed by atoms with Crippen molar-refractivity contribution in [2.24, 2.45) is 0 Å². The average Bonchev–Trinajstić information content (AvgIpc) is 2.60. The first-order chi connectivity index (χ1) is 11.9. The van der Waals surface area contributed by atoms with Gasteiger partial charge in [-0.25, -0.2) is 9.78 Å². The first-order valence-electron chi connectivity index (χ1n) is 7.75. The van der Waals surface area contributed by atoms with Gasteiger partial charge in [0.1, 0.15) is 5.15 Å². The van der Waals surface area contributed by atoms with Gasteiger partial charge in [0.25, 0.3) is 5.91 Å². The summed E-state index contributed by atoms with van der Waals surface area (Å²) in [7, 11) is 0. The summed E-state index contributed by atoms with van der Waals surface area (Å²) in [4.78, 5) is 27.9. The fraction of sp³-hybridized carbons (Fsp3) is 0.278. The smallest absolute Gasteiger partial charge is 0.359 e. The Balaban J connectivity index is 1.94. The number of nitrogens with one attached hydrogen (secondary N) is 1. The highest BCUT2D eigenvalue weighted by Gasteiger charge is 2.18. The summed E-state index contributed by atoms with van der Waals surface area (Å²) in [6.07, 6.45) is 0.713. The predicted molar refractivity (Wildman–Crippen MR) is 96.9 cm³/mol. The fourth-order valence-electron chi connectivity index (χ4n) is 2.22. The summed E-state index contributed by atoms with van der Waals surface area (Å²) >= 11 is 11.6. The number of hydrogen-bond acceptors (Lipinski definition) is 4. The molecule has 5 nitrogen and oxygen atoms in total. The molecule has 1 amide bonds. The first-order valence-corrected chi connectivity index (χ1v) is 8.51. The van der Waals surface area contributed by atoms with Gasteiger partial charge in [-0.15, -0.1) is 0 Å². The topological polar surface area (TPSA) is 68.3 Å². The number of hydrogen-bond donors (Lipinski definition) is 1. The van der Waals surface area contributed by atoms with Gasteiger partial charge in [-0.3, -0.25) is 4.79 Å². The van der Waals surface area contributed by atoms with Gasteiger partial charge in [0.2, 0.25) is 0 Å². The number of aryl methyl sites for hydroxylation is 1. The summed E-state index contributed by atoms with van der Waals surface area (Å²) in [5, 5.41) is 3.07. The van der Waals surface area contributed by atoms with E-state index >= 15 is 0 Å². The van der Waals surface area contributed by atoms with Crippen LogP contribution in [0, 0.1) is 6.92 Å². The van der Waals surface area contributed by atoms with Gasteiger partial charge >= 0.3 is 5.97 Å². The predicted octanol–water partition coefficient (Wildman–Crippen LogP) is 4.12. The summed E-state index contributed by atoms with van der Waals surface area (Å²) < 4.78 is 4.97. The molecule has 1 N–H and O–H groups in total. The van der Waals surface area contributed by atoms with Crippen LogP contribution in [0.15, 0.2) is 36.4 Å². The molecule has 0 aliphatic carbocycles. The molecule has 2 aromatic rings. The molecule has 0 saturated carbocycles. The van der Waals surface area contributed by atoms with E-state index in [4.69, 9.17) is 27.9 Å². The standard InChI is InChI=1S/C18H18Cl2N2O3/c1-3-14(12-6-4-11(2)5-7-12)21-16(23)10-25-18(24)17-13(19)8-9-15(20)22-17/h4-9,14H,3,10H2,1-2H3,(H,21,23)/t14-/m0/s1. The number of esters is 1. The molecular weight excluding hydrogens is 363 g/mol. The van der Waals surface area contributed by atoms with Gasteiger partial charge in [0.05, 0.1) is 11.1 Å². The fourth-order valence-corrected chi connectivity index (χ4v) is 2.55. The van der Waals surface area contributed by atoms with Crippen LogP contribution < -0.4 is 5.32 Å². The third kappa shape index (κ3) is 5.44. The molecule has 0 radical (unpaired) electrons. The van der Waals surface area contributed by atoms with Crippen molar-refractivity contribution in [1.82, 2.24) is 10.3 Å². The molecule has 0 aliphatic rings. The van der Waals surface area contributed by atoms with E-state index in [1.807, 2.05) is 38.1 Å². The van der Waals surface area contributed by atoms with Crippen LogP contribution in [-0.2, 0) is 9.53 Å². The third-order valence-electron chi connectivity index (χ3n) is 3.56. The Hall–Kier alpha value is -2.11. The number of carbonyl (C=O) groups excluding carboxylic acids is 2. The van der Waals surface area contributed by atoms with Crippen molar-refractivity contribution in [2.75, 3.05) is 6.61 Å². The molecule has 1 atom stereocenters. The van der Waals surface area contributed by atoms with Gasteiger partial charge in [-0.2, -0.15) is 0 Å². The van der Waals surface area contributed by atoms with Crippen LogP contribution in [0.25, 0.3) is 0 Å². The number of nitrogens with zero attached hydrogens (tertiary/aromatic N) is 1. The molecule has 132 valence electrons. The van der Waals surface area contributed by atoms with Crippen LogP contribution in [0.2, 0.25) is 10.2 Å². The minimum atomic E-state index is -0.800. The van der Waals surface area contributed by atoms with Crippen LogP contribution in [0.4, 0.5) is 0 Å². The zero-order valence-corrected chi connectivity index (χ0v) is 15.4. The quantitative estimate of drug-likeness (QED) is 0.604. The maximum atomic E-state index is 12.1. The molecular formula is C18H18Cl2N2O3. The van der Waals surface area contributed by atoms with E-state index in [2.05, 4.69) is 10.3 Å². The lowest BCUT2D eigenvalue weighted by Gasteiger charge is -2.17. The average molecular weight is 381 g/mol. The molecule has 0 unspecified atom stereocenters. The minimum Gasteiger partial charge on any atom is -0.451 e. The SMILES string of the molecule is CC[C@H](NC(=O)COC(=O)c1nc(Cl)ccc1Cl)c1ccc(C)cc1. The van der Waals surface area contributed by atoms with E-state index in [9.17, 15) is 9.59 Å². The maximum absolute atomic E-state index is 12.1. The summed E-state index contributed by atoms with van der Waals surface area (Å²) in [6, 6.07) is 10.6. The second-order valence-corrected chi connectivity index (χ2v) is 6.27. The van der Waals surface area contributed by atoms with Crippen LogP contribution in [0.1, 0.15) is 41.0 Å². The summed E-state index contributed by atoms with van der Waals surface area (Å²) in [5.41, 5.74) is 2.02. The third-order valence-corrected chi connectivity index (χ3v) is 4.08. The zero-order chi connectivity index (χ0) is 18.4. The molecule has 0 aliphatic heterocycles. The molecule has 2 rings (SSSR count). The van der Waals surface area contributed by atoms with Crippen molar-refractivity contribution in [1.29, 1.82) is 0 Å². The Morgan fingerprint density at radius 1 is 1.16 bits per heavy atom. The van der Waals surface area contributed by atoms with Crippen LogP contribution in [0.3, 0.4) is 0 Å². The lowest BCUT2D eigenvalue weighted by atomic mass is 10.0. The lowest BCUT2D eigenvalue weighted by Crippen LogP contribution is -2.32. The molecule has 1 heterocycles. The Morgan fingerprint density at radius 2 is 1.84 bits per heavy atom. The number of carbonyl (C=O) groups is 2. The first kappa shape index (κ1) is 19.2. The van der Waals surface area contributed by atoms with Crippen molar-refractivity contribution >= 4 is 35.1 Å². The molecule has 25 heavy (non-hydrogen) atoms. The van der Waals surface area contributed by atoms with Gasteiger partial charge in [0.15, 0.2) is 12.3 Å². The Kier molecular flexibility index (Phi) is 6.79. The van der Waals surface area contributed by atoms with Crippen molar-refractivity contribution in [3.8, 4) is 0 Å². The Labute approximate surface area is 156 Å². The van der Waals surface area contributed by atoms with E-state index in [1.54, 1.807) is 0 Å². The van der Waals surface area contributed by atoms with E-state index in [0.717, 1.165) is 11.1 Å². The minimum absolute atomic E-state index is 0.112. The molecule has 1 aromatic heterocycles. The van der Waals surface area contributed by atoms with E-state index in [1.165, 1.54) is 12.1 Å². The largest absolute Gasteiger partial charge is 0.451 e. The number of halogens is 2. The number of rotatable bonds is 6. The highest BCUT2D eigenvalue weighted by molar-refractivity contribution is 6.34. The Bertz CT molecular complexity index is 763. The van der Waals surface area contributed by atoms with Crippen molar-refractivity contribution in [3.05, 3.63) is 63.4 Å². The lowest BCUT2D eigenvalue weighted by molar-refractivity contribution is -0.125. The number of benzene rings is 1. The van der Waals surface area contributed by atoms with Crippen molar-refractivity contribution in [3.63, 3.8) is 0 Å². The Morgan fingerprint density at radius 3 is 2.48 bits per heavy atom. The maximum Gasteiger partial charge on any atom is 0.359 e. The van der Waals surface area contributed by atoms with E-state index < -0.39 is 18.5 Å². The number of pyridine rings is 1. The van der Waals surface area contributed by atoms with E-state index in [0.29, 0.717) is 6.42 Å². The molecule has 0 fully saturated rings. The van der Waals surface area contributed by atoms with Crippen LogP contribution in [0.5, 0.6) is 0 Å². The van der Waals surface area contributed by atoms with E-state index in [-0.39, 0.29) is 21.9 Å². The zero-order valence-electron chi connectivity index (χ0n) is 13.9. The number of amides is 1. The second kappa shape index (κ2) is 8.83. The summed E-state index contributed by atoms with van der Waals surface area (Å²) in [5.74, 6) is -1.20. The van der Waals surface area contributed by atoms with Crippen molar-refractivity contribution in [2.45, 2.75) is 26.3 Å². The number of aromatic nitrogens is 1. The molecule has 0 spiro atoms. The van der Waals surface area contributed by atoms with Crippen LogP contribution >= 0.6 is 23.2 Å². The monoisotopic (exact) mass is 380 g/mol. The highest BCUT2D eigenvalue weighted by Crippen LogP contribution is 2.18. The normalized spacial score (nSPS) is 11.7. The van der Waals surface area contributed by atoms with Gasteiger partial charge in [-0.1, -0.05) is 60.0 Å². The molecule has 0 saturated heterocycles. The summed E-state index contributed by atoms with van der Waals surface area (Å²) in [6.45, 7) is 3.54. The van der Waals surface area contributed by atoms with Gasteiger partial charge in [-0.05, 0) is 31.0 Å². The molecule has 1 aromatic carbocycles. The van der Waals surface area contributed by atoms with Crippen molar-refractivity contribution < 1.29 is 14.3 Å². The van der Waals surface area contributed by atoms with Crippen LogP contribution in [-0.4, -0.2) is 23.5 Å². The number of ether oxygens (including phenoxy) is 1. The van der Waals surface area contributed by atoms with Gasteiger partial charge in [0, 0.05) is 0 Å². The molecule has 0 bridgehead atoms.